The van der Waals surface area contributed by atoms with Crippen molar-refractivity contribution in [2.24, 2.45) is 5.92 Å². The highest BCUT2D eigenvalue weighted by molar-refractivity contribution is 5.93. The first-order valence-electron chi connectivity index (χ1n) is 8.18. The Morgan fingerprint density at radius 2 is 1.90 bits per heavy atom. The molecule has 0 radical (unpaired) electrons. The maximum absolute atomic E-state index is 12.7. The van der Waals surface area contributed by atoms with Gasteiger partial charge in [-0.2, -0.15) is 0 Å². The third kappa shape index (κ3) is 3.53. The highest BCUT2D eigenvalue weighted by atomic mass is 16.2. The topological polar surface area (TPSA) is 49.4 Å². The van der Waals surface area contributed by atoms with Gasteiger partial charge in [-0.05, 0) is 32.1 Å². The van der Waals surface area contributed by atoms with Crippen molar-refractivity contribution >= 4 is 11.8 Å². The molecule has 1 saturated heterocycles. The molecule has 1 N–H and O–H groups in total. The molecular weight excluding hydrogens is 252 g/mol. The van der Waals surface area contributed by atoms with E-state index in [2.05, 4.69) is 12.2 Å². The Morgan fingerprint density at radius 1 is 1.20 bits per heavy atom. The van der Waals surface area contributed by atoms with Crippen LogP contribution in [-0.4, -0.2) is 35.3 Å². The van der Waals surface area contributed by atoms with E-state index in [1.807, 2.05) is 11.8 Å². The van der Waals surface area contributed by atoms with Gasteiger partial charge in [0.1, 0.15) is 5.54 Å². The Bertz CT molecular complexity index is 365. The second-order valence-electron chi connectivity index (χ2n) is 6.48. The molecule has 2 aliphatic rings. The SMILES string of the molecule is CCCCCCCN1CCC(=O)NC(C)(C2CC2)C1=O. The zero-order chi connectivity index (χ0) is 14.6. The molecule has 0 aromatic heterocycles. The van der Waals surface area contributed by atoms with Crippen LogP contribution in [0.3, 0.4) is 0 Å². The van der Waals surface area contributed by atoms with Gasteiger partial charge in [-0.3, -0.25) is 9.59 Å². The van der Waals surface area contributed by atoms with Crippen molar-refractivity contribution in [2.45, 2.75) is 70.8 Å². The predicted molar refractivity (Wildman–Crippen MR) is 79.2 cm³/mol. The fraction of sp³-hybridized carbons (Fsp3) is 0.875. The number of carbonyl (C=O) groups is 2. The second kappa shape index (κ2) is 6.59. The maximum Gasteiger partial charge on any atom is 0.248 e. The molecule has 2 rings (SSSR count). The lowest BCUT2D eigenvalue weighted by atomic mass is 9.94. The number of carbonyl (C=O) groups excluding carboxylic acids is 2. The number of nitrogens with zero attached hydrogens (tertiary/aromatic N) is 1. The molecule has 1 aliphatic heterocycles. The molecule has 4 heteroatoms. The number of nitrogens with one attached hydrogen (secondary N) is 1. The van der Waals surface area contributed by atoms with Gasteiger partial charge in [0, 0.05) is 19.5 Å². The molecule has 1 saturated carbocycles. The van der Waals surface area contributed by atoms with Crippen molar-refractivity contribution in [2.75, 3.05) is 13.1 Å². The van der Waals surface area contributed by atoms with Gasteiger partial charge in [-0.25, -0.2) is 0 Å². The Balaban J connectivity index is 1.90. The Hall–Kier alpha value is -1.06. The Morgan fingerprint density at radius 3 is 2.55 bits per heavy atom. The van der Waals surface area contributed by atoms with Crippen LogP contribution in [-0.2, 0) is 9.59 Å². The molecule has 2 fully saturated rings. The summed E-state index contributed by atoms with van der Waals surface area (Å²) in [6, 6.07) is 0. The van der Waals surface area contributed by atoms with Crippen molar-refractivity contribution in [1.82, 2.24) is 10.2 Å². The zero-order valence-electron chi connectivity index (χ0n) is 12.9. The van der Waals surface area contributed by atoms with Crippen molar-refractivity contribution in [3.8, 4) is 0 Å². The molecule has 0 bridgehead atoms. The van der Waals surface area contributed by atoms with Gasteiger partial charge >= 0.3 is 0 Å². The number of hydrogen-bond donors (Lipinski definition) is 1. The molecular formula is C16H28N2O2. The normalized spacial score (nSPS) is 27.4. The summed E-state index contributed by atoms with van der Waals surface area (Å²) in [4.78, 5) is 26.5. The van der Waals surface area contributed by atoms with E-state index in [0.29, 0.717) is 18.9 Å². The quantitative estimate of drug-likeness (QED) is 0.728. The zero-order valence-corrected chi connectivity index (χ0v) is 12.9. The van der Waals surface area contributed by atoms with Crippen LogP contribution in [0.15, 0.2) is 0 Å². The fourth-order valence-corrected chi connectivity index (χ4v) is 3.13. The lowest BCUT2D eigenvalue weighted by Gasteiger charge is -2.32. The van der Waals surface area contributed by atoms with Gasteiger partial charge in [0.25, 0.3) is 0 Å². The largest absolute Gasteiger partial charge is 0.342 e. The van der Waals surface area contributed by atoms with Crippen LogP contribution in [0.5, 0.6) is 0 Å². The predicted octanol–water partition coefficient (Wildman–Crippen LogP) is 2.47. The van der Waals surface area contributed by atoms with Crippen molar-refractivity contribution < 1.29 is 9.59 Å². The van der Waals surface area contributed by atoms with E-state index in [1.54, 1.807) is 0 Å². The minimum Gasteiger partial charge on any atom is -0.342 e. The first-order chi connectivity index (χ1) is 9.58. The van der Waals surface area contributed by atoms with Crippen molar-refractivity contribution in [3.05, 3.63) is 0 Å². The lowest BCUT2D eigenvalue weighted by Crippen LogP contribution is -2.56. The van der Waals surface area contributed by atoms with Crippen molar-refractivity contribution in [1.29, 1.82) is 0 Å². The summed E-state index contributed by atoms with van der Waals surface area (Å²) in [6.45, 7) is 5.51. The van der Waals surface area contributed by atoms with Crippen LogP contribution in [0.2, 0.25) is 0 Å². The summed E-state index contributed by atoms with van der Waals surface area (Å²) >= 11 is 0. The van der Waals surface area contributed by atoms with Gasteiger partial charge < -0.3 is 10.2 Å². The van der Waals surface area contributed by atoms with Gasteiger partial charge in [0.2, 0.25) is 11.8 Å². The molecule has 1 unspecified atom stereocenters. The lowest BCUT2D eigenvalue weighted by molar-refractivity contribution is -0.139. The Kier molecular flexibility index (Phi) is 5.06. The van der Waals surface area contributed by atoms with Gasteiger partial charge in [-0.15, -0.1) is 0 Å². The van der Waals surface area contributed by atoms with Crippen LogP contribution in [0.25, 0.3) is 0 Å². The smallest absolute Gasteiger partial charge is 0.248 e. The molecule has 1 heterocycles. The number of amides is 2. The molecule has 4 nitrogen and oxygen atoms in total. The fourth-order valence-electron chi connectivity index (χ4n) is 3.13. The Labute approximate surface area is 122 Å². The third-order valence-corrected chi connectivity index (χ3v) is 4.66. The standard InChI is InChI=1S/C16H28N2O2/c1-3-4-5-6-7-11-18-12-10-14(19)17-16(2,15(18)20)13-8-9-13/h13H,3-12H2,1-2H3,(H,17,19). The van der Waals surface area contributed by atoms with Crippen LogP contribution < -0.4 is 5.32 Å². The van der Waals surface area contributed by atoms with Crippen LogP contribution in [0.4, 0.5) is 0 Å². The summed E-state index contributed by atoms with van der Waals surface area (Å²) in [5, 5.41) is 2.98. The third-order valence-electron chi connectivity index (χ3n) is 4.66. The summed E-state index contributed by atoms with van der Waals surface area (Å²) in [5.74, 6) is 0.516. The molecule has 1 aliphatic carbocycles. The van der Waals surface area contributed by atoms with E-state index in [4.69, 9.17) is 0 Å². The van der Waals surface area contributed by atoms with E-state index in [0.717, 1.165) is 25.8 Å². The van der Waals surface area contributed by atoms with Gasteiger partial charge in [0.15, 0.2) is 0 Å². The number of rotatable bonds is 7. The number of hydrogen-bond acceptors (Lipinski definition) is 2. The molecule has 1 atom stereocenters. The summed E-state index contributed by atoms with van der Waals surface area (Å²) in [7, 11) is 0. The molecule has 2 amide bonds. The van der Waals surface area contributed by atoms with E-state index < -0.39 is 5.54 Å². The summed E-state index contributed by atoms with van der Waals surface area (Å²) < 4.78 is 0. The van der Waals surface area contributed by atoms with E-state index in [1.165, 1.54) is 25.7 Å². The van der Waals surface area contributed by atoms with Crippen LogP contribution in [0, 0.1) is 5.92 Å². The second-order valence-corrected chi connectivity index (χ2v) is 6.48. The average Bonchev–Trinajstić information content (AvgIpc) is 3.25. The van der Waals surface area contributed by atoms with E-state index >= 15 is 0 Å². The van der Waals surface area contributed by atoms with Crippen LogP contribution in [0.1, 0.15) is 65.2 Å². The van der Waals surface area contributed by atoms with E-state index in [-0.39, 0.29) is 11.8 Å². The average molecular weight is 280 g/mol. The monoisotopic (exact) mass is 280 g/mol. The van der Waals surface area contributed by atoms with Gasteiger partial charge in [-0.1, -0.05) is 32.6 Å². The highest BCUT2D eigenvalue weighted by Crippen LogP contribution is 2.41. The molecule has 0 aromatic rings. The molecule has 114 valence electrons. The van der Waals surface area contributed by atoms with E-state index in [9.17, 15) is 9.59 Å². The molecule has 0 spiro atoms. The first-order valence-corrected chi connectivity index (χ1v) is 8.18. The van der Waals surface area contributed by atoms with Crippen LogP contribution >= 0.6 is 0 Å². The first kappa shape index (κ1) is 15.3. The summed E-state index contributed by atoms with van der Waals surface area (Å²) in [5.41, 5.74) is -0.642. The minimum absolute atomic E-state index is 0.0289. The van der Waals surface area contributed by atoms with Gasteiger partial charge in [0.05, 0.1) is 0 Å². The summed E-state index contributed by atoms with van der Waals surface area (Å²) in [6.07, 6.45) is 8.56. The molecule has 20 heavy (non-hydrogen) atoms. The van der Waals surface area contributed by atoms with Crippen molar-refractivity contribution in [3.63, 3.8) is 0 Å². The molecule has 0 aromatic carbocycles. The minimum atomic E-state index is -0.642. The highest BCUT2D eigenvalue weighted by Gasteiger charge is 2.50. The number of unbranched alkanes of at least 4 members (excludes halogenated alkanes) is 4. The maximum atomic E-state index is 12.7.